The maximum Gasteiger partial charge on any atom is 0.138 e. The molecule has 0 bridgehead atoms. The van der Waals surface area contributed by atoms with E-state index in [-0.39, 0.29) is 10.8 Å². The van der Waals surface area contributed by atoms with Gasteiger partial charge in [-0.2, -0.15) is 0 Å². The van der Waals surface area contributed by atoms with Gasteiger partial charge in [-0.15, -0.1) is 11.3 Å². The molecule has 0 saturated heterocycles. The van der Waals surface area contributed by atoms with Crippen molar-refractivity contribution in [2.24, 2.45) is 0 Å². The number of benzene rings is 1. The first-order valence-electron chi connectivity index (χ1n) is 5.85. The van der Waals surface area contributed by atoms with Crippen LogP contribution < -0.4 is 5.32 Å². The number of hydrogen-bond donors (Lipinski definition) is 2. The molecule has 0 radical (unpaired) electrons. The van der Waals surface area contributed by atoms with Crippen LogP contribution in [-0.2, 0) is 6.54 Å². The Labute approximate surface area is 126 Å². The highest BCUT2D eigenvalue weighted by Gasteiger charge is 2.10. The Balaban J connectivity index is 1.93. The second-order valence-electron chi connectivity index (χ2n) is 4.30. The molecule has 1 heterocycles. The van der Waals surface area contributed by atoms with Gasteiger partial charge in [0.1, 0.15) is 5.75 Å². The van der Waals surface area contributed by atoms with Crippen molar-refractivity contribution in [3.63, 3.8) is 0 Å². The molecule has 0 aliphatic rings. The number of aromatic nitrogens is 1. The molecule has 0 aliphatic carbocycles. The average Bonchev–Trinajstić information content (AvgIpc) is 2.88. The Morgan fingerprint density at radius 2 is 2.21 bits per heavy atom. The first-order chi connectivity index (χ1) is 9.08. The van der Waals surface area contributed by atoms with Gasteiger partial charge in [0.2, 0.25) is 0 Å². The maximum atomic E-state index is 9.83. The monoisotopic (exact) mass is 316 g/mol. The summed E-state index contributed by atoms with van der Waals surface area (Å²) in [5.41, 5.74) is 0.698. The number of hydrogen-bond acceptors (Lipinski definition) is 4. The minimum atomic E-state index is 0.0838. The second-order valence-corrected chi connectivity index (χ2v) is 6.07. The molecule has 1 aromatic carbocycles. The van der Waals surface area contributed by atoms with Crippen molar-refractivity contribution in [1.82, 2.24) is 10.3 Å². The Morgan fingerprint density at radius 1 is 1.42 bits per heavy atom. The molecule has 2 N–H and O–H groups in total. The molecular formula is C13H14Cl2N2OS. The number of nitrogens with zero attached hydrogens (tertiary/aromatic N) is 1. The van der Waals surface area contributed by atoms with E-state index in [1.54, 1.807) is 23.6 Å². The number of halogens is 2. The summed E-state index contributed by atoms with van der Waals surface area (Å²) < 4.78 is 0. The highest BCUT2D eigenvalue weighted by molar-refractivity contribution is 7.09. The maximum absolute atomic E-state index is 9.83. The third-order valence-corrected chi connectivity index (χ3v) is 4.26. The number of thiazole rings is 1. The zero-order valence-electron chi connectivity index (χ0n) is 10.4. The summed E-state index contributed by atoms with van der Waals surface area (Å²) in [4.78, 5) is 4.27. The first kappa shape index (κ1) is 14.6. The van der Waals surface area contributed by atoms with E-state index in [0.717, 1.165) is 11.6 Å². The van der Waals surface area contributed by atoms with E-state index < -0.39 is 0 Å². The SMILES string of the molecule is CC(CNCc1cc(Cl)cc(Cl)c1O)c1nccs1. The van der Waals surface area contributed by atoms with E-state index in [1.807, 2.05) is 5.38 Å². The third kappa shape index (κ3) is 3.83. The van der Waals surface area contributed by atoms with Crippen LogP contribution in [0.3, 0.4) is 0 Å². The van der Waals surface area contributed by atoms with Gasteiger partial charge in [-0.05, 0) is 12.1 Å². The summed E-state index contributed by atoms with van der Waals surface area (Å²) in [5, 5.41) is 17.0. The summed E-state index contributed by atoms with van der Waals surface area (Å²) in [6, 6.07) is 3.24. The molecule has 1 aromatic heterocycles. The van der Waals surface area contributed by atoms with Gasteiger partial charge in [0.05, 0.1) is 10.0 Å². The molecule has 0 aliphatic heterocycles. The van der Waals surface area contributed by atoms with Crippen LogP contribution in [0.2, 0.25) is 10.0 Å². The van der Waals surface area contributed by atoms with Gasteiger partial charge in [0.15, 0.2) is 0 Å². The lowest BCUT2D eigenvalue weighted by atomic mass is 10.1. The Morgan fingerprint density at radius 3 is 2.89 bits per heavy atom. The van der Waals surface area contributed by atoms with Crippen LogP contribution in [-0.4, -0.2) is 16.6 Å². The molecule has 2 rings (SSSR count). The molecule has 0 fully saturated rings. The lowest BCUT2D eigenvalue weighted by Crippen LogP contribution is -2.19. The smallest absolute Gasteiger partial charge is 0.138 e. The zero-order chi connectivity index (χ0) is 13.8. The number of aromatic hydroxyl groups is 1. The van der Waals surface area contributed by atoms with Gasteiger partial charge in [-0.3, -0.25) is 0 Å². The highest BCUT2D eigenvalue weighted by Crippen LogP contribution is 2.31. The molecule has 1 atom stereocenters. The standard InChI is InChI=1S/C13H14Cl2N2OS/c1-8(13-17-2-3-19-13)6-16-7-9-4-10(14)5-11(15)12(9)18/h2-5,8,16,18H,6-7H2,1H3. The van der Waals surface area contributed by atoms with E-state index in [2.05, 4.69) is 17.2 Å². The van der Waals surface area contributed by atoms with Crippen molar-refractivity contribution < 1.29 is 5.11 Å². The van der Waals surface area contributed by atoms with Gasteiger partial charge in [0.25, 0.3) is 0 Å². The molecule has 102 valence electrons. The Kier molecular flexibility index (Phi) is 5.05. The number of phenols is 1. The molecule has 19 heavy (non-hydrogen) atoms. The van der Waals surface area contributed by atoms with Gasteiger partial charge in [-0.25, -0.2) is 4.98 Å². The van der Waals surface area contributed by atoms with Crippen molar-refractivity contribution in [3.05, 3.63) is 44.3 Å². The quantitative estimate of drug-likeness (QED) is 0.874. The van der Waals surface area contributed by atoms with E-state index in [1.165, 1.54) is 6.07 Å². The largest absolute Gasteiger partial charge is 0.506 e. The number of phenolic OH excluding ortho intramolecular Hbond substituents is 1. The Bertz CT molecular complexity index is 546. The minimum Gasteiger partial charge on any atom is -0.506 e. The highest BCUT2D eigenvalue weighted by atomic mass is 35.5. The van der Waals surface area contributed by atoms with Crippen molar-refractivity contribution >= 4 is 34.5 Å². The third-order valence-electron chi connectivity index (χ3n) is 2.75. The van der Waals surface area contributed by atoms with Gasteiger partial charge in [0, 0.05) is 41.2 Å². The van der Waals surface area contributed by atoms with E-state index in [9.17, 15) is 5.11 Å². The van der Waals surface area contributed by atoms with E-state index in [4.69, 9.17) is 23.2 Å². The lowest BCUT2D eigenvalue weighted by Gasteiger charge is -2.12. The fraction of sp³-hybridized carbons (Fsp3) is 0.308. The molecule has 6 heteroatoms. The molecular weight excluding hydrogens is 303 g/mol. The zero-order valence-corrected chi connectivity index (χ0v) is 12.7. The fourth-order valence-electron chi connectivity index (χ4n) is 1.74. The Hall–Kier alpha value is -0.810. The molecule has 1 unspecified atom stereocenters. The first-order valence-corrected chi connectivity index (χ1v) is 7.48. The summed E-state index contributed by atoms with van der Waals surface area (Å²) in [5.74, 6) is 0.414. The summed E-state index contributed by atoms with van der Waals surface area (Å²) in [6.45, 7) is 3.40. The summed E-state index contributed by atoms with van der Waals surface area (Å²) in [7, 11) is 0. The average molecular weight is 317 g/mol. The molecule has 3 nitrogen and oxygen atoms in total. The van der Waals surface area contributed by atoms with Crippen molar-refractivity contribution in [2.75, 3.05) is 6.54 Å². The fourth-order valence-corrected chi connectivity index (χ4v) is 2.98. The topological polar surface area (TPSA) is 45.1 Å². The predicted molar refractivity (Wildman–Crippen MR) is 80.4 cm³/mol. The second kappa shape index (κ2) is 6.57. The van der Waals surface area contributed by atoms with Crippen LogP contribution >= 0.6 is 34.5 Å². The molecule has 2 aromatic rings. The number of rotatable bonds is 5. The van der Waals surface area contributed by atoms with Crippen LogP contribution in [0.15, 0.2) is 23.7 Å². The van der Waals surface area contributed by atoms with Crippen LogP contribution in [0.4, 0.5) is 0 Å². The van der Waals surface area contributed by atoms with Crippen LogP contribution in [0.5, 0.6) is 5.75 Å². The summed E-state index contributed by atoms with van der Waals surface area (Å²) in [6.07, 6.45) is 1.80. The van der Waals surface area contributed by atoms with Crippen molar-refractivity contribution in [2.45, 2.75) is 19.4 Å². The van der Waals surface area contributed by atoms with Crippen molar-refractivity contribution in [1.29, 1.82) is 0 Å². The van der Waals surface area contributed by atoms with Gasteiger partial charge in [-0.1, -0.05) is 30.1 Å². The van der Waals surface area contributed by atoms with E-state index in [0.29, 0.717) is 23.0 Å². The van der Waals surface area contributed by atoms with Crippen LogP contribution in [0.1, 0.15) is 23.4 Å². The molecule has 0 saturated carbocycles. The lowest BCUT2D eigenvalue weighted by molar-refractivity contribution is 0.463. The van der Waals surface area contributed by atoms with Crippen molar-refractivity contribution in [3.8, 4) is 5.75 Å². The van der Waals surface area contributed by atoms with E-state index >= 15 is 0 Å². The van der Waals surface area contributed by atoms with Crippen LogP contribution in [0.25, 0.3) is 0 Å². The minimum absolute atomic E-state index is 0.0838. The van der Waals surface area contributed by atoms with Gasteiger partial charge >= 0.3 is 0 Å². The molecule has 0 spiro atoms. The van der Waals surface area contributed by atoms with Gasteiger partial charge < -0.3 is 10.4 Å². The molecule has 0 amide bonds. The normalized spacial score (nSPS) is 12.6. The summed E-state index contributed by atoms with van der Waals surface area (Å²) >= 11 is 13.4. The predicted octanol–water partition coefficient (Wildman–Crippen LogP) is 4.05. The number of nitrogens with one attached hydrogen (secondary N) is 1. The van der Waals surface area contributed by atoms with Crippen LogP contribution in [0, 0.1) is 0 Å².